The summed E-state index contributed by atoms with van der Waals surface area (Å²) in [5.41, 5.74) is 0.917. The average molecular weight is 244 g/mol. The maximum Gasteiger partial charge on any atom is 0.412 e. The van der Waals surface area contributed by atoms with Gasteiger partial charge >= 0.3 is 6.09 Å². The molecule has 92 valence electrons. The van der Waals surface area contributed by atoms with Gasteiger partial charge in [0.2, 0.25) is 0 Å². The van der Waals surface area contributed by atoms with E-state index in [9.17, 15) is 4.79 Å². The fourth-order valence-electron chi connectivity index (χ4n) is 1.29. The van der Waals surface area contributed by atoms with Gasteiger partial charge in [-0.3, -0.25) is 5.32 Å². The number of para-hydroxylation sites is 1. The van der Waals surface area contributed by atoms with E-state index in [1.165, 1.54) is 7.11 Å². The lowest BCUT2D eigenvalue weighted by Crippen LogP contribution is -2.12. The second kappa shape index (κ2) is 5.62. The van der Waals surface area contributed by atoms with Gasteiger partial charge in [0.05, 0.1) is 7.11 Å². The summed E-state index contributed by atoms with van der Waals surface area (Å²) in [7, 11) is 1.29. The molecule has 6 nitrogen and oxygen atoms in total. The van der Waals surface area contributed by atoms with Crippen LogP contribution in [0.3, 0.4) is 0 Å². The third kappa shape index (κ3) is 3.18. The number of ether oxygens (including phenoxy) is 1. The molecule has 2 aromatic rings. The van der Waals surface area contributed by atoms with Crippen molar-refractivity contribution in [3.8, 4) is 0 Å². The number of carbonyl (C=O) groups excluding carboxylic acids is 1. The number of methoxy groups -OCH3 is 1. The molecule has 2 N–H and O–H groups in total. The van der Waals surface area contributed by atoms with Gasteiger partial charge in [-0.05, 0) is 24.3 Å². The summed E-state index contributed by atoms with van der Waals surface area (Å²) in [5.74, 6) is 0.928. The first-order valence-corrected chi connectivity index (χ1v) is 5.29. The molecule has 1 heterocycles. The molecule has 2 rings (SSSR count). The van der Waals surface area contributed by atoms with Crippen LogP contribution < -0.4 is 10.6 Å². The number of aromatic nitrogens is 2. The average Bonchev–Trinajstić information content (AvgIpc) is 2.42. The molecule has 0 spiro atoms. The highest BCUT2D eigenvalue weighted by atomic mass is 16.5. The van der Waals surface area contributed by atoms with Crippen LogP contribution in [0.5, 0.6) is 0 Å². The van der Waals surface area contributed by atoms with Crippen molar-refractivity contribution in [1.82, 2.24) is 10.2 Å². The van der Waals surface area contributed by atoms with E-state index in [0.29, 0.717) is 11.6 Å². The molecule has 0 saturated heterocycles. The van der Waals surface area contributed by atoms with Crippen molar-refractivity contribution >= 4 is 23.4 Å². The number of hydrogen-bond donors (Lipinski definition) is 2. The van der Waals surface area contributed by atoms with Gasteiger partial charge in [0.25, 0.3) is 0 Å². The lowest BCUT2D eigenvalue weighted by atomic mass is 10.3. The second-order valence-electron chi connectivity index (χ2n) is 3.41. The van der Waals surface area contributed by atoms with Crippen LogP contribution in [0, 0.1) is 0 Å². The van der Waals surface area contributed by atoms with Gasteiger partial charge in [0, 0.05) is 5.69 Å². The zero-order chi connectivity index (χ0) is 12.8. The van der Waals surface area contributed by atoms with Crippen LogP contribution in [-0.2, 0) is 4.74 Å². The van der Waals surface area contributed by atoms with Crippen molar-refractivity contribution in [3.05, 3.63) is 42.5 Å². The van der Waals surface area contributed by atoms with Crippen molar-refractivity contribution in [2.24, 2.45) is 0 Å². The maximum atomic E-state index is 10.9. The van der Waals surface area contributed by atoms with E-state index >= 15 is 0 Å². The molecule has 6 heteroatoms. The molecule has 0 aliphatic rings. The third-order valence-corrected chi connectivity index (χ3v) is 2.13. The van der Waals surface area contributed by atoms with Gasteiger partial charge in [-0.15, -0.1) is 10.2 Å². The maximum absolute atomic E-state index is 10.9. The molecule has 0 saturated carbocycles. The molecule has 0 unspecified atom stereocenters. The number of rotatable bonds is 3. The number of benzene rings is 1. The molecular weight excluding hydrogens is 232 g/mol. The highest BCUT2D eigenvalue weighted by molar-refractivity contribution is 5.83. The molecule has 0 atom stereocenters. The Morgan fingerprint density at radius 2 is 1.72 bits per heavy atom. The quantitative estimate of drug-likeness (QED) is 0.867. The molecule has 18 heavy (non-hydrogen) atoms. The molecule has 1 aromatic carbocycles. The number of nitrogens with one attached hydrogen (secondary N) is 2. The van der Waals surface area contributed by atoms with E-state index in [2.05, 4.69) is 25.6 Å². The summed E-state index contributed by atoms with van der Waals surface area (Å²) in [6.07, 6.45) is -0.576. The largest absolute Gasteiger partial charge is 0.453 e. The van der Waals surface area contributed by atoms with E-state index in [-0.39, 0.29) is 0 Å². The molecule has 0 radical (unpaired) electrons. The van der Waals surface area contributed by atoms with E-state index < -0.39 is 6.09 Å². The first-order chi connectivity index (χ1) is 8.78. The summed E-state index contributed by atoms with van der Waals surface area (Å²) in [4.78, 5) is 10.9. The van der Waals surface area contributed by atoms with Crippen LogP contribution in [-0.4, -0.2) is 23.4 Å². The number of anilines is 3. The van der Waals surface area contributed by atoms with E-state index in [1.807, 2.05) is 30.3 Å². The van der Waals surface area contributed by atoms with Crippen molar-refractivity contribution in [3.63, 3.8) is 0 Å². The predicted molar refractivity (Wildman–Crippen MR) is 67.8 cm³/mol. The number of nitrogens with zero attached hydrogens (tertiary/aromatic N) is 2. The summed E-state index contributed by atoms with van der Waals surface area (Å²) >= 11 is 0. The Kier molecular flexibility index (Phi) is 3.70. The van der Waals surface area contributed by atoms with Crippen molar-refractivity contribution in [2.75, 3.05) is 17.7 Å². The molecule has 0 fully saturated rings. The first-order valence-electron chi connectivity index (χ1n) is 5.29. The summed E-state index contributed by atoms with van der Waals surface area (Å²) < 4.78 is 4.45. The van der Waals surface area contributed by atoms with Crippen molar-refractivity contribution < 1.29 is 9.53 Å². The van der Waals surface area contributed by atoms with Crippen LogP contribution in [0.4, 0.5) is 22.1 Å². The van der Waals surface area contributed by atoms with Crippen molar-refractivity contribution in [1.29, 1.82) is 0 Å². The van der Waals surface area contributed by atoms with Gasteiger partial charge in [0.15, 0.2) is 11.6 Å². The van der Waals surface area contributed by atoms with Crippen LogP contribution >= 0.6 is 0 Å². The van der Waals surface area contributed by atoms with Gasteiger partial charge in [-0.2, -0.15) is 0 Å². The Balaban J connectivity index is 2.02. The highest BCUT2D eigenvalue weighted by Gasteiger charge is 2.02. The fraction of sp³-hybridized carbons (Fsp3) is 0.0833. The van der Waals surface area contributed by atoms with E-state index in [1.54, 1.807) is 12.1 Å². The summed E-state index contributed by atoms with van der Waals surface area (Å²) in [6.45, 7) is 0. The second-order valence-corrected chi connectivity index (χ2v) is 3.41. The lowest BCUT2D eigenvalue weighted by molar-refractivity contribution is 0.187. The van der Waals surface area contributed by atoms with Gasteiger partial charge < -0.3 is 10.1 Å². The molecule has 1 aromatic heterocycles. The highest BCUT2D eigenvalue weighted by Crippen LogP contribution is 2.13. The zero-order valence-corrected chi connectivity index (χ0v) is 9.75. The molecule has 0 bridgehead atoms. The van der Waals surface area contributed by atoms with Gasteiger partial charge in [0.1, 0.15) is 0 Å². The van der Waals surface area contributed by atoms with Crippen LogP contribution in [0.25, 0.3) is 0 Å². The Morgan fingerprint density at radius 3 is 2.33 bits per heavy atom. The van der Waals surface area contributed by atoms with Crippen LogP contribution in [0.2, 0.25) is 0 Å². The standard InChI is InChI=1S/C12H12N4O2/c1-18-12(17)14-11-8-7-10(15-16-11)13-9-5-3-2-4-6-9/h2-8H,1H3,(H,13,15)(H,14,16,17). The number of amides is 1. The minimum Gasteiger partial charge on any atom is -0.453 e. The smallest absolute Gasteiger partial charge is 0.412 e. The number of carbonyl (C=O) groups is 1. The normalized spacial score (nSPS) is 9.61. The Labute approximate surface area is 104 Å². The van der Waals surface area contributed by atoms with E-state index in [4.69, 9.17) is 0 Å². The molecule has 1 amide bonds. The summed E-state index contributed by atoms with van der Waals surface area (Å²) in [6, 6.07) is 13.0. The summed E-state index contributed by atoms with van der Waals surface area (Å²) in [5, 5.41) is 13.3. The topological polar surface area (TPSA) is 76.1 Å². The number of hydrogen-bond acceptors (Lipinski definition) is 5. The zero-order valence-electron chi connectivity index (χ0n) is 9.75. The minimum absolute atomic E-state index is 0.334. The van der Waals surface area contributed by atoms with Gasteiger partial charge in [-0.1, -0.05) is 18.2 Å². The van der Waals surface area contributed by atoms with E-state index in [0.717, 1.165) is 5.69 Å². The molecule has 0 aliphatic heterocycles. The first kappa shape index (κ1) is 11.8. The van der Waals surface area contributed by atoms with Gasteiger partial charge in [-0.25, -0.2) is 4.79 Å². The van der Waals surface area contributed by atoms with Crippen LogP contribution in [0.15, 0.2) is 42.5 Å². The lowest BCUT2D eigenvalue weighted by Gasteiger charge is -2.05. The monoisotopic (exact) mass is 244 g/mol. The molecule has 0 aliphatic carbocycles. The van der Waals surface area contributed by atoms with Crippen LogP contribution in [0.1, 0.15) is 0 Å². The SMILES string of the molecule is COC(=O)Nc1ccc(Nc2ccccc2)nn1. The Hall–Kier alpha value is -2.63. The Bertz CT molecular complexity index is 513. The fourth-order valence-corrected chi connectivity index (χ4v) is 1.29. The Morgan fingerprint density at radius 1 is 1.06 bits per heavy atom. The third-order valence-electron chi connectivity index (χ3n) is 2.13. The predicted octanol–water partition coefficient (Wildman–Crippen LogP) is 2.40. The molecular formula is C12H12N4O2. The van der Waals surface area contributed by atoms with Crippen molar-refractivity contribution in [2.45, 2.75) is 0 Å². The minimum atomic E-state index is -0.576.